The lowest BCUT2D eigenvalue weighted by Gasteiger charge is -2.14. The Morgan fingerprint density at radius 3 is 2.63 bits per heavy atom. The van der Waals surface area contributed by atoms with Crippen LogP contribution in [0.5, 0.6) is 5.75 Å². The van der Waals surface area contributed by atoms with Crippen LogP contribution in [0.1, 0.15) is 12.5 Å². The van der Waals surface area contributed by atoms with Crippen LogP contribution < -0.4 is 21.3 Å². The maximum absolute atomic E-state index is 5.45. The summed E-state index contributed by atoms with van der Waals surface area (Å²) in [6, 6.07) is 7.66. The smallest absolute Gasteiger partial charge is 0.148 e. The molecule has 1 aromatic carbocycles. The molecule has 0 unspecified atom stereocenters. The predicted octanol–water partition coefficient (Wildman–Crippen LogP) is 2.08. The first kappa shape index (κ1) is 13.1. The molecule has 100 valence electrons. The van der Waals surface area contributed by atoms with Gasteiger partial charge in [-0.15, -0.1) is 0 Å². The van der Waals surface area contributed by atoms with Gasteiger partial charge in [0.05, 0.1) is 12.8 Å². The van der Waals surface area contributed by atoms with Crippen molar-refractivity contribution in [1.29, 1.82) is 0 Å². The molecule has 0 radical (unpaired) electrons. The Labute approximate surface area is 112 Å². The zero-order valence-corrected chi connectivity index (χ0v) is 11.0. The minimum absolute atomic E-state index is 0.620. The molecule has 0 aliphatic carbocycles. The predicted molar refractivity (Wildman–Crippen MR) is 75.5 cm³/mol. The van der Waals surface area contributed by atoms with Crippen molar-refractivity contribution in [2.75, 3.05) is 17.9 Å². The third-order valence-electron chi connectivity index (χ3n) is 2.80. The van der Waals surface area contributed by atoms with Crippen molar-refractivity contribution >= 4 is 17.3 Å². The average Bonchev–Trinajstić information content (AvgIpc) is 2.47. The molecule has 6 nitrogen and oxygen atoms in total. The first-order valence-corrected chi connectivity index (χ1v) is 6.00. The van der Waals surface area contributed by atoms with Crippen molar-refractivity contribution in [2.45, 2.75) is 13.3 Å². The molecule has 19 heavy (non-hydrogen) atoms. The number of benzene rings is 1. The van der Waals surface area contributed by atoms with E-state index in [0.717, 1.165) is 29.2 Å². The summed E-state index contributed by atoms with van der Waals surface area (Å²) in [5, 5.41) is 3.25. The van der Waals surface area contributed by atoms with Gasteiger partial charge in [0.2, 0.25) is 0 Å². The van der Waals surface area contributed by atoms with Crippen molar-refractivity contribution in [2.24, 2.45) is 5.84 Å². The molecule has 0 aliphatic heterocycles. The Bertz CT molecular complexity index is 558. The molecule has 2 aromatic rings. The van der Waals surface area contributed by atoms with Gasteiger partial charge in [-0.05, 0) is 18.6 Å². The van der Waals surface area contributed by atoms with Crippen LogP contribution in [0.25, 0.3) is 0 Å². The van der Waals surface area contributed by atoms with Crippen LogP contribution in [0.2, 0.25) is 0 Å². The zero-order valence-electron chi connectivity index (χ0n) is 11.0. The normalized spacial score (nSPS) is 10.1. The summed E-state index contributed by atoms with van der Waals surface area (Å²) >= 11 is 0. The fourth-order valence-electron chi connectivity index (χ4n) is 1.85. The number of aromatic nitrogens is 2. The number of para-hydroxylation sites is 2. The number of hydrogen-bond donors (Lipinski definition) is 3. The van der Waals surface area contributed by atoms with E-state index in [2.05, 4.69) is 20.7 Å². The number of methoxy groups -OCH3 is 1. The van der Waals surface area contributed by atoms with Crippen molar-refractivity contribution in [1.82, 2.24) is 9.97 Å². The van der Waals surface area contributed by atoms with E-state index in [9.17, 15) is 0 Å². The van der Waals surface area contributed by atoms with Crippen LogP contribution in [0.4, 0.5) is 17.3 Å². The van der Waals surface area contributed by atoms with Gasteiger partial charge in [-0.3, -0.25) is 0 Å². The molecule has 0 saturated heterocycles. The van der Waals surface area contributed by atoms with Gasteiger partial charge in [0, 0.05) is 5.56 Å². The molecule has 0 fully saturated rings. The quantitative estimate of drug-likeness (QED) is 0.563. The van der Waals surface area contributed by atoms with E-state index in [0.29, 0.717) is 5.82 Å². The number of hydrazine groups is 1. The second kappa shape index (κ2) is 6.01. The topological polar surface area (TPSA) is 85.1 Å². The largest absolute Gasteiger partial charge is 0.495 e. The van der Waals surface area contributed by atoms with Gasteiger partial charge in [0.1, 0.15) is 23.7 Å². The summed E-state index contributed by atoms with van der Waals surface area (Å²) in [6.07, 6.45) is 2.23. The highest BCUT2D eigenvalue weighted by atomic mass is 16.5. The SMILES string of the molecule is CCc1c(NN)ncnc1Nc1ccccc1OC. The molecule has 0 saturated carbocycles. The lowest BCUT2D eigenvalue weighted by atomic mass is 10.2. The van der Waals surface area contributed by atoms with Crippen LogP contribution in [0.15, 0.2) is 30.6 Å². The number of nitrogens with two attached hydrogens (primary N) is 1. The van der Waals surface area contributed by atoms with Gasteiger partial charge in [-0.2, -0.15) is 0 Å². The maximum atomic E-state index is 5.45. The summed E-state index contributed by atoms with van der Waals surface area (Å²) in [5.74, 6) is 7.54. The number of nitrogen functional groups attached to an aromatic ring is 1. The van der Waals surface area contributed by atoms with Crippen molar-refractivity contribution in [3.63, 3.8) is 0 Å². The van der Waals surface area contributed by atoms with Crippen LogP contribution >= 0.6 is 0 Å². The van der Waals surface area contributed by atoms with Crippen LogP contribution in [-0.4, -0.2) is 17.1 Å². The molecule has 0 bridgehead atoms. The summed E-state index contributed by atoms with van der Waals surface area (Å²) in [4.78, 5) is 8.35. The third-order valence-corrected chi connectivity index (χ3v) is 2.80. The number of nitrogens with one attached hydrogen (secondary N) is 2. The minimum Gasteiger partial charge on any atom is -0.495 e. The fraction of sp³-hybridized carbons (Fsp3) is 0.231. The van der Waals surface area contributed by atoms with E-state index >= 15 is 0 Å². The van der Waals surface area contributed by atoms with E-state index < -0.39 is 0 Å². The monoisotopic (exact) mass is 259 g/mol. The molecule has 1 aromatic heterocycles. The van der Waals surface area contributed by atoms with Crippen molar-refractivity contribution in [3.8, 4) is 5.75 Å². The second-order valence-corrected chi connectivity index (χ2v) is 3.87. The Balaban J connectivity index is 2.38. The van der Waals surface area contributed by atoms with Gasteiger partial charge in [-0.1, -0.05) is 19.1 Å². The number of anilines is 3. The highest BCUT2D eigenvalue weighted by Gasteiger charge is 2.10. The fourth-order valence-corrected chi connectivity index (χ4v) is 1.85. The standard InChI is InChI=1S/C13H17N5O/c1-3-9-12(15-8-16-13(9)18-14)17-10-6-4-5-7-11(10)19-2/h4-8H,3,14H2,1-2H3,(H2,15,16,17,18). The number of ether oxygens (including phenoxy) is 1. The van der Waals surface area contributed by atoms with Gasteiger partial charge < -0.3 is 15.5 Å². The molecule has 1 heterocycles. The molecule has 6 heteroatoms. The van der Waals surface area contributed by atoms with E-state index in [1.165, 1.54) is 6.33 Å². The highest BCUT2D eigenvalue weighted by Crippen LogP contribution is 2.29. The van der Waals surface area contributed by atoms with Gasteiger partial charge in [0.15, 0.2) is 0 Å². The molecule has 2 rings (SSSR count). The van der Waals surface area contributed by atoms with E-state index in [1.807, 2.05) is 31.2 Å². The van der Waals surface area contributed by atoms with Crippen LogP contribution in [-0.2, 0) is 6.42 Å². The number of hydrogen-bond acceptors (Lipinski definition) is 6. The Morgan fingerprint density at radius 1 is 1.21 bits per heavy atom. The Hall–Kier alpha value is -2.34. The maximum Gasteiger partial charge on any atom is 0.148 e. The molecule has 0 amide bonds. The Morgan fingerprint density at radius 2 is 1.95 bits per heavy atom. The summed E-state index contributed by atoms with van der Waals surface area (Å²) < 4.78 is 5.30. The summed E-state index contributed by atoms with van der Waals surface area (Å²) in [5.41, 5.74) is 4.35. The molecular formula is C13H17N5O. The van der Waals surface area contributed by atoms with Gasteiger partial charge in [0.25, 0.3) is 0 Å². The lowest BCUT2D eigenvalue weighted by Crippen LogP contribution is -2.13. The zero-order chi connectivity index (χ0) is 13.7. The van der Waals surface area contributed by atoms with Gasteiger partial charge in [-0.25, -0.2) is 15.8 Å². The molecule has 0 atom stereocenters. The molecule has 4 N–H and O–H groups in total. The van der Waals surface area contributed by atoms with E-state index in [1.54, 1.807) is 7.11 Å². The van der Waals surface area contributed by atoms with Crippen LogP contribution in [0, 0.1) is 0 Å². The first-order chi connectivity index (χ1) is 9.30. The molecular weight excluding hydrogens is 242 g/mol. The average molecular weight is 259 g/mol. The Kier molecular flexibility index (Phi) is 4.15. The molecule has 0 aliphatic rings. The number of nitrogens with zero attached hydrogens (tertiary/aromatic N) is 2. The summed E-state index contributed by atoms with van der Waals surface area (Å²) in [7, 11) is 1.63. The third kappa shape index (κ3) is 2.74. The van der Waals surface area contributed by atoms with Crippen LogP contribution in [0.3, 0.4) is 0 Å². The minimum atomic E-state index is 0.620. The molecule has 0 spiro atoms. The highest BCUT2D eigenvalue weighted by molar-refractivity contribution is 5.68. The van der Waals surface area contributed by atoms with Crippen molar-refractivity contribution in [3.05, 3.63) is 36.2 Å². The second-order valence-electron chi connectivity index (χ2n) is 3.87. The van der Waals surface area contributed by atoms with Gasteiger partial charge >= 0.3 is 0 Å². The first-order valence-electron chi connectivity index (χ1n) is 6.00. The van der Waals surface area contributed by atoms with E-state index in [4.69, 9.17) is 10.6 Å². The summed E-state index contributed by atoms with van der Waals surface area (Å²) in [6.45, 7) is 2.02. The lowest BCUT2D eigenvalue weighted by molar-refractivity contribution is 0.417. The van der Waals surface area contributed by atoms with Crippen molar-refractivity contribution < 1.29 is 4.74 Å². The van der Waals surface area contributed by atoms with E-state index in [-0.39, 0.29) is 0 Å². The number of rotatable bonds is 5.